The van der Waals surface area contributed by atoms with E-state index in [-0.39, 0.29) is 42.5 Å². The molecule has 2 aliphatic rings. The van der Waals surface area contributed by atoms with Crippen LogP contribution in [0.4, 0.5) is 10.1 Å². The van der Waals surface area contributed by atoms with Gasteiger partial charge in [0.05, 0.1) is 16.4 Å². The lowest BCUT2D eigenvalue weighted by Crippen LogP contribution is -2.38. The monoisotopic (exact) mass is 460 g/mol. The first kappa shape index (κ1) is 24.0. The molecule has 29 heavy (non-hydrogen) atoms. The molecule has 3 heterocycles. The normalized spacial score (nSPS) is 17.0. The smallest absolute Gasteiger partial charge is 0.227 e. The maximum Gasteiger partial charge on any atom is 0.227 e. The van der Waals surface area contributed by atoms with Gasteiger partial charge in [0.15, 0.2) is 0 Å². The van der Waals surface area contributed by atoms with Crippen LogP contribution in [0, 0.1) is 18.7 Å². The molecule has 1 amide bonds. The summed E-state index contributed by atoms with van der Waals surface area (Å²) in [6, 6.07) is 3.61. The van der Waals surface area contributed by atoms with Crippen molar-refractivity contribution in [1.29, 1.82) is 0 Å². The number of benzene rings is 1. The van der Waals surface area contributed by atoms with Gasteiger partial charge in [-0.2, -0.15) is 0 Å². The predicted molar refractivity (Wildman–Crippen MR) is 120 cm³/mol. The van der Waals surface area contributed by atoms with Gasteiger partial charge in [-0.3, -0.25) is 9.69 Å². The first-order chi connectivity index (χ1) is 13.1. The highest BCUT2D eigenvalue weighted by atomic mass is 35.5. The lowest BCUT2D eigenvalue weighted by molar-refractivity contribution is -0.121. The van der Waals surface area contributed by atoms with E-state index < -0.39 is 0 Å². The molecule has 1 saturated heterocycles. The van der Waals surface area contributed by atoms with E-state index in [1.165, 1.54) is 0 Å². The van der Waals surface area contributed by atoms with Crippen LogP contribution in [0.3, 0.4) is 0 Å². The molecule has 0 radical (unpaired) electrons. The molecule has 1 aromatic carbocycles. The number of likely N-dealkylation sites (tertiary alicyclic amines) is 1. The van der Waals surface area contributed by atoms with Crippen LogP contribution in [0.5, 0.6) is 0 Å². The van der Waals surface area contributed by atoms with Crippen molar-refractivity contribution in [3.8, 4) is 0 Å². The highest BCUT2D eigenvalue weighted by Crippen LogP contribution is 2.26. The number of hydrogen-bond acceptors (Lipinski definition) is 5. The number of nitrogens with one attached hydrogen (secondary N) is 2. The molecule has 5 nitrogen and oxygen atoms in total. The van der Waals surface area contributed by atoms with Crippen molar-refractivity contribution >= 4 is 47.7 Å². The molecular weight excluding hydrogens is 434 g/mol. The zero-order chi connectivity index (χ0) is 18.8. The number of piperidine rings is 1. The summed E-state index contributed by atoms with van der Waals surface area (Å²) in [7, 11) is 0. The maximum atomic E-state index is 14.7. The number of nitrogens with zero attached hydrogens (tertiary/aromatic N) is 2. The average molecular weight is 461 g/mol. The number of aromatic nitrogens is 1. The minimum atomic E-state index is -0.265. The summed E-state index contributed by atoms with van der Waals surface area (Å²) in [6.07, 6.45) is 2.26. The second-order valence-corrected chi connectivity index (χ2v) is 8.45. The van der Waals surface area contributed by atoms with Gasteiger partial charge in [-0.25, -0.2) is 9.37 Å². The summed E-state index contributed by atoms with van der Waals surface area (Å²) < 4.78 is 14.7. The minimum absolute atomic E-state index is 0. The van der Waals surface area contributed by atoms with Crippen molar-refractivity contribution in [2.75, 3.05) is 25.0 Å². The molecule has 2 aromatic rings. The van der Waals surface area contributed by atoms with E-state index in [0.717, 1.165) is 60.8 Å². The lowest BCUT2D eigenvalue weighted by Gasteiger charge is -2.30. The summed E-state index contributed by atoms with van der Waals surface area (Å²) in [4.78, 5) is 19.5. The zero-order valence-electron chi connectivity index (χ0n) is 16.4. The highest BCUT2D eigenvalue weighted by Gasteiger charge is 2.26. The van der Waals surface area contributed by atoms with Crippen molar-refractivity contribution in [3.05, 3.63) is 45.2 Å². The molecule has 1 fully saturated rings. The lowest BCUT2D eigenvalue weighted by atomic mass is 9.95. The summed E-state index contributed by atoms with van der Waals surface area (Å²) in [5.41, 5.74) is 3.15. The van der Waals surface area contributed by atoms with E-state index >= 15 is 0 Å². The van der Waals surface area contributed by atoms with Crippen LogP contribution in [0.15, 0.2) is 17.5 Å². The number of thiazole rings is 1. The standard InChI is InChI=1S/C20H25FN4OS.2ClH/c1-13-23-16(12-27-13)11-25-8-5-14(6-9-25)20(26)24-18-3-2-15-10-22-7-4-17(15)19(18)21;;/h2-3,12,14,22H,4-11H2,1H3,(H,24,26);2*1H. The van der Waals surface area contributed by atoms with Gasteiger partial charge < -0.3 is 10.6 Å². The number of halogens is 3. The van der Waals surface area contributed by atoms with Gasteiger partial charge in [0.1, 0.15) is 5.82 Å². The van der Waals surface area contributed by atoms with E-state index in [2.05, 4.69) is 25.9 Å². The summed E-state index contributed by atoms with van der Waals surface area (Å²) in [5.74, 6) is -0.388. The summed E-state index contributed by atoms with van der Waals surface area (Å²) in [6.45, 7) is 6.06. The van der Waals surface area contributed by atoms with Gasteiger partial charge in [0.2, 0.25) is 5.91 Å². The highest BCUT2D eigenvalue weighted by molar-refractivity contribution is 7.09. The van der Waals surface area contributed by atoms with Crippen LogP contribution in [0.1, 0.15) is 34.7 Å². The van der Waals surface area contributed by atoms with E-state index in [4.69, 9.17) is 0 Å². The van der Waals surface area contributed by atoms with Gasteiger partial charge in [-0.1, -0.05) is 6.07 Å². The molecule has 0 saturated carbocycles. The van der Waals surface area contributed by atoms with Crippen LogP contribution in [0.25, 0.3) is 0 Å². The fourth-order valence-corrected chi connectivity index (χ4v) is 4.53. The largest absolute Gasteiger partial charge is 0.323 e. The van der Waals surface area contributed by atoms with Gasteiger partial charge in [0, 0.05) is 24.4 Å². The first-order valence-electron chi connectivity index (χ1n) is 9.55. The molecule has 160 valence electrons. The molecule has 0 spiro atoms. The Labute approximate surface area is 187 Å². The van der Waals surface area contributed by atoms with E-state index in [1.54, 1.807) is 17.4 Å². The molecule has 0 atom stereocenters. The summed E-state index contributed by atoms with van der Waals surface area (Å²) in [5, 5.41) is 9.26. The van der Waals surface area contributed by atoms with Crippen molar-refractivity contribution in [3.63, 3.8) is 0 Å². The molecule has 0 aliphatic carbocycles. The number of anilines is 1. The Bertz CT molecular complexity index is 840. The molecule has 0 bridgehead atoms. The van der Waals surface area contributed by atoms with Crippen LogP contribution in [-0.4, -0.2) is 35.4 Å². The molecule has 4 rings (SSSR count). The van der Waals surface area contributed by atoms with Crippen molar-refractivity contribution in [2.45, 2.75) is 39.3 Å². The van der Waals surface area contributed by atoms with E-state index in [0.29, 0.717) is 18.7 Å². The minimum Gasteiger partial charge on any atom is -0.323 e. The number of amides is 1. The van der Waals surface area contributed by atoms with Crippen molar-refractivity contribution < 1.29 is 9.18 Å². The van der Waals surface area contributed by atoms with Gasteiger partial charge in [0.25, 0.3) is 0 Å². The van der Waals surface area contributed by atoms with Gasteiger partial charge in [-0.05, 0) is 63.0 Å². The molecule has 0 unspecified atom stereocenters. The molecule has 2 aliphatic heterocycles. The van der Waals surface area contributed by atoms with Gasteiger partial charge in [-0.15, -0.1) is 36.2 Å². The Morgan fingerprint density at radius 2 is 2.10 bits per heavy atom. The average Bonchev–Trinajstić information content (AvgIpc) is 3.09. The third kappa shape index (κ3) is 5.67. The van der Waals surface area contributed by atoms with E-state index in [9.17, 15) is 9.18 Å². The fourth-order valence-electron chi connectivity index (χ4n) is 3.93. The molecular formula is C20H27Cl2FN4OS. The fraction of sp³-hybridized carbons (Fsp3) is 0.500. The second-order valence-electron chi connectivity index (χ2n) is 7.39. The van der Waals surface area contributed by atoms with Crippen molar-refractivity contribution in [1.82, 2.24) is 15.2 Å². The Morgan fingerprint density at radius 1 is 1.34 bits per heavy atom. The Kier molecular flexibility index (Phi) is 8.85. The topological polar surface area (TPSA) is 57.3 Å². The summed E-state index contributed by atoms with van der Waals surface area (Å²) >= 11 is 1.67. The second kappa shape index (κ2) is 10.7. The first-order valence-corrected chi connectivity index (χ1v) is 10.4. The number of carbonyl (C=O) groups is 1. The Balaban J connectivity index is 0.00000150. The number of aryl methyl sites for hydroxylation is 1. The molecule has 9 heteroatoms. The number of carbonyl (C=O) groups excluding carboxylic acids is 1. The van der Waals surface area contributed by atoms with Gasteiger partial charge >= 0.3 is 0 Å². The Morgan fingerprint density at radius 3 is 2.79 bits per heavy atom. The quantitative estimate of drug-likeness (QED) is 0.725. The SMILES string of the molecule is Cc1nc(CN2CCC(C(=O)Nc3ccc4c(c3F)CCNC4)CC2)cs1.Cl.Cl. The maximum absolute atomic E-state index is 14.7. The predicted octanol–water partition coefficient (Wildman–Crippen LogP) is 3.93. The van der Waals surface area contributed by atoms with Crippen molar-refractivity contribution in [2.24, 2.45) is 5.92 Å². The van der Waals surface area contributed by atoms with Crippen LogP contribution in [0.2, 0.25) is 0 Å². The number of hydrogen-bond donors (Lipinski definition) is 2. The third-order valence-corrected chi connectivity index (χ3v) is 6.30. The number of rotatable bonds is 4. The zero-order valence-corrected chi connectivity index (χ0v) is 18.8. The van der Waals surface area contributed by atoms with Crippen LogP contribution < -0.4 is 10.6 Å². The number of fused-ring (bicyclic) bond motifs is 1. The molecule has 2 N–H and O–H groups in total. The Hall–Kier alpha value is -1.25. The third-order valence-electron chi connectivity index (χ3n) is 5.48. The van der Waals surface area contributed by atoms with Crippen LogP contribution in [-0.2, 0) is 24.3 Å². The molecule has 1 aromatic heterocycles. The van der Waals surface area contributed by atoms with E-state index in [1.807, 2.05) is 13.0 Å². The van der Waals surface area contributed by atoms with Crippen LogP contribution >= 0.6 is 36.2 Å².